The fraction of sp³-hybridized carbons (Fsp3) is 0.550. The minimum Gasteiger partial charge on any atom is -0.481 e. The fourth-order valence-corrected chi connectivity index (χ4v) is 5.20. The third-order valence-electron chi connectivity index (χ3n) is 6.55. The number of carbonyl (C=O) groups is 1. The van der Waals surface area contributed by atoms with E-state index in [4.69, 9.17) is 0 Å². The summed E-state index contributed by atoms with van der Waals surface area (Å²) in [5.74, 6) is -0.994. The van der Waals surface area contributed by atoms with E-state index < -0.39 is 5.97 Å². The molecule has 0 heterocycles. The van der Waals surface area contributed by atoms with Gasteiger partial charge in [0, 0.05) is 5.41 Å². The van der Waals surface area contributed by atoms with Crippen LogP contribution in [0.3, 0.4) is 0 Å². The van der Waals surface area contributed by atoms with E-state index in [1.807, 2.05) is 0 Å². The Balaban J connectivity index is 1.95. The van der Waals surface area contributed by atoms with Crippen LogP contribution >= 0.6 is 0 Å². The predicted octanol–water partition coefficient (Wildman–Crippen LogP) is 4.80. The molecule has 116 valence electrons. The Morgan fingerprint density at radius 2 is 2.09 bits per heavy atom. The molecule has 22 heavy (non-hydrogen) atoms. The Bertz CT molecular complexity index is 676. The van der Waals surface area contributed by atoms with Crippen molar-refractivity contribution in [3.8, 4) is 0 Å². The van der Waals surface area contributed by atoms with Gasteiger partial charge in [0.25, 0.3) is 0 Å². The Labute approximate surface area is 132 Å². The maximum atomic E-state index is 12.0. The Hall–Kier alpha value is -1.57. The van der Waals surface area contributed by atoms with Crippen LogP contribution in [0.2, 0.25) is 0 Å². The first-order valence-electron chi connectivity index (χ1n) is 8.50. The number of fused-ring (bicyclic) bond motifs is 4. The molecule has 2 heteroatoms. The molecule has 0 aromatic rings. The average molecular weight is 296 g/mol. The largest absolute Gasteiger partial charge is 0.481 e. The smallest absolute Gasteiger partial charge is 0.311 e. The van der Waals surface area contributed by atoms with E-state index in [0.717, 1.165) is 19.3 Å². The molecule has 4 aliphatic carbocycles. The van der Waals surface area contributed by atoms with Gasteiger partial charge in [-0.05, 0) is 62.0 Å². The van der Waals surface area contributed by atoms with Gasteiger partial charge in [0.1, 0.15) is 0 Å². The summed E-state index contributed by atoms with van der Waals surface area (Å²) in [5, 5.41) is 9.85. The van der Waals surface area contributed by atoms with Crippen LogP contribution in [0, 0.1) is 16.7 Å². The van der Waals surface area contributed by atoms with E-state index in [1.54, 1.807) is 0 Å². The second kappa shape index (κ2) is 4.47. The molecule has 4 aliphatic rings. The zero-order valence-electron chi connectivity index (χ0n) is 13.5. The van der Waals surface area contributed by atoms with Crippen molar-refractivity contribution in [2.45, 2.75) is 52.4 Å². The Morgan fingerprint density at radius 3 is 2.86 bits per heavy atom. The van der Waals surface area contributed by atoms with E-state index >= 15 is 0 Å². The van der Waals surface area contributed by atoms with E-state index in [9.17, 15) is 9.90 Å². The highest BCUT2D eigenvalue weighted by Crippen LogP contribution is 2.61. The predicted molar refractivity (Wildman–Crippen MR) is 87.4 cm³/mol. The zero-order chi connectivity index (χ0) is 15.5. The summed E-state index contributed by atoms with van der Waals surface area (Å²) >= 11 is 0. The number of hydrogen-bond acceptors (Lipinski definition) is 1. The normalized spacial score (nSPS) is 39.6. The number of aliphatic carboxylic acids is 1. The summed E-state index contributed by atoms with van der Waals surface area (Å²) in [6.45, 7) is 4.62. The molecule has 2 nitrogen and oxygen atoms in total. The van der Waals surface area contributed by atoms with Crippen LogP contribution in [0.1, 0.15) is 52.4 Å². The summed E-state index contributed by atoms with van der Waals surface area (Å²) in [4.78, 5) is 12.0. The molecule has 4 rings (SSSR count). The Kier molecular flexibility index (Phi) is 2.85. The topological polar surface area (TPSA) is 37.3 Å². The first-order chi connectivity index (χ1) is 10.5. The number of hydrogen-bond donors (Lipinski definition) is 1. The van der Waals surface area contributed by atoms with Gasteiger partial charge in [-0.15, -0.1) is 0 Å². The van der Waals surface area contributed by atoms with Gasteiger partial charge in [-0.1, -0.05) is 42.4 Å². The van der Waals surface area contributed by atoms with E-state index in [2.05, 4.69) is 38.2 Å². The summed E-state index contributed by atoms with van der Waals surface area (Å²) in [5.41, 5.74) is 5.43. The maximum absolute atomic E-state index is 12.0. The quantitative estimate of drug-likeness (QED) is 0.706. The number of rotatable bonds is 1. The molecule has 0 bridgehead atoms. The summed E-state index contributed by atoms with van der Waals surface area (Å²) in [6.07, 6.45) is 15.3. The van der Waals surface area contributed by atoms with Gasteiger partial charge in [-0.25, -0.2) is 0 Å². The first-order valence-corrected chi connectivity index (χ1v) is 8.50. The third kappa shape index (κ3) is 1.70. The maximum Gasteiger partial charge on any atom is 0.311 e. The van der Waals surface area contributed by atoms with E-state index in [1.165, 1.54) is 35.1 Å². The van der Waals surface area contributed by atoms with Crippen LogP contribution in [-0.2, 0) is 4.79 Å². The molecule has 0 fully saturated rings. The molecule has 0 spiro atoms. The minimum atomic E-state index is -0.651. The van der Waals surface area contributed by atoms with Gasteiger partial charge in [0.05, 0.1) is 5.92 Å². The molecule has 0 radical (unpaired) electrons. The van der Waals surface area contributed by atoms with E-state index in [0.29, 0.717) is 6.42 Å². The lowest BCUT2D eigenvalue weighted by molar-refractivity contribution is -0.140. The van der Waals surface area contributed by atoms with E-state index in [-0.39, 0.29) is 16.7 Å². The number of carboxylic acid groups (broad SMARTS) is 1. The van der Waals surface area contributed by atoms with Gasteiger partial charge in [-0.2, -0.15) is 0 Å². The highest BCUT2D eigenvalue weighted by atomic mass is 16.4. The second-order valence-corrected chi connectivity index (χ2v) is 7.77. The minimum absolute atomic E-state index is 0.0374. The molecule has 3 atom stereocenters. The molecule has 1 N–H and O–H groups in total. The monoisotopic (exact) mass is 296 g/mol. The fourth-order valence-electron chi connectivity index (χ4n) is 5.20. The molecule has 0 aromatic carbocycles. The zero-order valence-corrected chi connectivity index (χ0v) is 13.5. The highest BCUT2D eigenvalue weighted by Gasteiger charge is 2.50. The standard InChI is InChI=1S/C20H24O2/c1-19-9-5-7-15(19)17-14(18(21)22)12-13-6-3-4-10-20(13,2)16(17)8-11-19/h4,6-7,10,14H,3,5,8-9,11-12H2,1-2H3,(H,21,22)/t14-,19+,20+/m1/s1. The van der Waals surface area contributed by atoms with Crippen LogP contribution in [0.15, 0.2) is 46.6 Å². The second-order valence-electron chi connectivity index (χ2n) is 7.77. The van der Waals surface area contributed by atoms with Crippen molar-refractivity contribution < 1.29 is 9.90 Å². The van der Waals surface area contributed by atoms with Crippen molar-refractivity contribution in [2.75, 3.05) is 0 Å². The van der Waals surface area contributed by atoms with Crippen LogP contribution < -0.4 is 0 Å². The summed E-state index contributed by atoms with van der Waals surface area (Å²) < 4.78 is 0. The molecule has 0 unspecified atom stereocenters. The van der Waals surface area contributed by atoms with Gasteiger partial charge in [0.15, 0.2) is 0 Å². The van der Waals surface area contributed by atoms with Crippen LogP contribution in [0.4, 0.5) is 0 Å². The van der Waals surface area contributed by atoms with Gasteiger partial charge in [-0.3, -0.25) is 4.79 Å². The lowest BCUT2D eigenvalue weighted by atomic mass is 9.55. The molecule has 0 amide bonds. The van der Waals surface area contributed by atoms with Gasteiger partial charge >= 0.3 is 5.97 Å². The number of allylic oxidation sites excluding steroid dienone is 7. The first kappa shape index (κ1) is 14.0. The summed E-state index contributed by atoms with van der Waals surface area (Å²) in [7, 11) is 0. The van der Waals surface area contributed by atoms with Gasteiger partial charge < -0.3 is 5.11 Å². The lowest BCUT2D eigenvalue weighted by Crippen LogP contribution is -2.39. The highest BCUT2D eigenvalue weighted by molar-refractivity contribution is 5.79. The van der Waals surface area contributed by atoms with Crippen molar-refractivity contribution in [1.29, 1.82) is 0 Å². The number of carboxylic acids is 1. The molecule has 0 saturated heterocycles. The molecular weight excluding hydrogens is 272 g/mol. The molecular formula is C20H24O2. The van der Waals surface area contributed by atoms with Crippen LogP contribution in [0.25, 0.3) is 0 Å². The Morgan fingerprint density at radius 1 is 1.27 bits per heavy atom. The van der Waals surface area contributed by atoms with Gasteiger partial charge in [0.2, 0.25) is 0 Å². The SMILES string of the molecule is C[C@@]12CCC=C1C1=C(CC2)[C@@]2(C)C=CCC=C2C[C@H]1C(=O)O. The molecule has 0 saturated carbocycles. The van der Waals surface area contributed by atoms with Crippen molar-refractivity contribution in [1.82, 2.24) is 0 Å². The van der Waals surface area contributed by atoms with Crippen molar-refractivity contribution in [3.63, 3.8) is 0 Å². The van der Waals surface area contributed by atoms with Crippen molar-refractivity contribution >= 4 is 5.97 Å². The summed E-state index contributed by atoms with van der Waals surface area (Å²) in [6, 6.07) is 0. The van der Waals surface area contributed by atoms with Crippen LogP contribution in [-0.4, -0.2) is 11.1 Å². The average Bonchev–Trinajstić information content (AvgIpc) is 2.87. The molecule has 0 aliphatic heterocycles. The third-order valence-corrected chi connectivity index (χ3v) is 6.55. The lowest BCUT2D eigenvalue weighted by Gasteiger charge is -2.48. The molecule has 0 aromatic heterocycles. The van der Waals surface area contributed by atoms with Crippen molar-refractivity contribution in [2.24, 2.45) is 16.7 Å². The van der Waals surface area contributed by atoms with Crippen molar-refractivity contribution in [3.05, 3.63) is 46.6 Å². The van der Waals surface area contributed by atoms with Crippen LogP contribution in [0.5, 0.6) is 0 Å².